The van der Waals surface area contributed by atoms with Crippen LogP contribution in [0.2, 0.25) is 5.02 Å². The maximum absolute atomic E-state index is 12.8. The Bertz CT molecular complexity index is 1010. The summed E-state index contributed by atoms with van der Waals surface area (Å²) in [7, 11) is 1.53. The van der Waals surface area contributed by atoms with Gasteiger partial charge in [0, 0.05) is 37.7 Å². The summed E-state index contributed by atoms with van der Waals surface area (Å²) in [4.78, 5) is 40.5. The van der Waals surface area contributed by atoms with Crippen molar-refractivity contribution in [3.8, 4) is 5.75 Å². The van der Waals surface area contributed by atoms with Crippen LogP contribution >= 0.6 is 11.6 Å². The molecular formula is C22H22ClN3O4. The van der Waals surface area contributed by atoms with Gasteiger partial charge in [-0.05, 0) is 30.7 Å². The molecule has 2 aromatic carbocycles. The predicted molar refractivity (Wildman–Crippen MR) is 115 cm³/mol. The number of rotatable bonds is 5. The molecule has 2 aromatic rings. The molecule has 0 spiro atoms. The fourth-order valence-corrected chi connectivity index (χ4v) is 4.15. The number of hydrogen-bond acceptors (Lipinski definition) is 4. The molecule has 0 radical (unpaired) electrons. The lowest BCUT2D eigenvalue weighted by atomic mass is 10.1. The number of carbonyl (C=O) groups excluding carboxylic acids is 3. The van der Waals surface area contributed by atoms with E-state index in [0.29, 0.717) is 40.8 Å². The lowest BCUT2D eigenvalue weighted by Crippen LogP contribution is -2.28. The van der Waals surface area contributed by atoms with E-state index in [9.17, 15) is 14.4 Å². The molecule has 0 aliphatic carbocycles. The second-order valence-electron chi connectivity index (χ2n) is 7.38. The fourth-order valence-electron chi connectivity index (χ4n) is 3.91. The predicted octanol–water partition coefficient (Wildman–Crippen LogP) is 3.47. The van der Waals surface area contributed by atoms with Crippen molar-refractivity contribution in [3.05, 3.63) is 47.5 Å². The summed E-state index contributed by atoms with van der Waals surface area (Å²) in [6, 6.07) is 12.3. The summed E-state index contributed by atoms with van der Waals surface area (Å²) in [5, 5.41) is 3.34. The highest BCUT2D eigenvalue weighted by Gasteiger charge is 2.36. The van der Waals surface area contributed by atoms with Crippen LogP contribution in [0.4, 0.5) is 17.1 Å². The van der Waals surface area contributed by atoms with Crippen LogP contribution in [-0.2, 0) is 14.4 Å². The number of nitrogens with zero attached hydrogens (tertiary/aromatic N) is 2. The van der Waals surface area contributed by atoms with Crippen molar-refractivity contribution >= 4 is 46.4 Å². The molecule has 4 rings (SSSR count). The first-order chi connectivity index (χ1) is 14.5. The van der Waals surface area contributed by atoms with E-state index in [-0.39, 0.29) is 30.7 Å². The number of amides is 3. The van der Waals surface area contributed by atoms with Gasteiger partial charge in [0.15, 0.2) is 0 Å². The zero-order chi connectivity index (χ0) is 21.3. The van der Waals surface area contributed by atoms with Crippen LogP contribution in [0.1, 0.15) is 19.3 Å². The number of ether oxygens (including phenoxy) is 1. The van der Waals surface area contributed by atoms with E-state index >= 15 is 0 Å². The van der Waals surface area contributed by atoms with Crippen molar-refractivity contribution in [1.82, 2.24) is 0 Å². The lowest BCUT2D eigenvalue weighted by Gasteiger charge is -2.20. The minimum Gasteiger partial charge on any atom is -0.494 e. The molecule has 8 heteroatoms. The lowest BCUT2D eigenvalue weighted by molar-refractivity contribution is -0.122. The van der Waals surface area contributed by atoms with Gasteiger partial charge < -0.3 is 19.9 Å². The van der Waals surface area contributed by atoms with Gasteiger partial charge in [0.25, 0.3) is 0 Å². The smallest absolute Gasteiger partial charge is 0.229 e. The maximum Gasteiger partial charge on any atom is 0.229 e. The molecule has 3 amide bonds. The molecule has 0 aromatic heterocycles. The molecule has 1 atom stereocenters. The van der Waals surface area contributed by atoms with Crippen LogP contribution in [0.3, 0.4) is 0 Å². The number of para-hydroxylation sites is 1. The zero-order valence-electron chi connectivity index (χ0n) is 16.6. The summed E-state index contributed by atoms with van der Waals surface area (Å²) in [6.45, 7) is 0.925. The molecule has 2 aliphatic heterocycles. The largest absolute Gasteiger partial charge is 0.494 e. The Morgan fingerprint density at radius 1 is 1.10 bits per heavy atom. The summed E-state index contributed by atoms with van der Waals surface area (Å²) >= 11 is 6.20. The van der Waals surface area contributed by atoms with Gasteiger partial charge in [0.1, 0.15) is 5.75 Å². The Balaban J connectivity index is 1.47. The number of nitrogens with one attached hydrogen (secondary N) is 1. The van der Waals surface area contributed by atoms with Crippen molar-refractivity contribution in [1.29, 1.82) is 0 Å². The molecule has 7 nitrogen and oxygen atoms in total. The molecule has 30 heavy (non-hydrogen) atoms. The highest BCUT2D eigenvalue weighted by atomic mass is 35.5. The molecule has 2 heterocycles. The Hall–Kier alpha value is -3.06. The standard InChI is InChI=1S/C22H22ClN3O4/c1-30-19-12-15(8-9-18(19)25-10-4-7-20(25)27)24-22(29)14-11-21(28)26(13-14)17-6-3-2-5-16(17)23/h2-3,5-6,8-9,12,14H,4,7,10-11,13H2,1H3,(H,24,29)/t14-/m1/s1. The van der Waals surface area contributed by atoms with E-state index in [0.717, 1.165) is 6.42 Å². The van der Waals surface area contributed by atoms with Crippen molar-refractivity contribution in [2.24, 2.45) is 5.92 Å². The highest BCUT2D eigenvalue weighted by molar-refractivity contribution is 6.34. The Labute approximate surface area is 179 Å². The number of anilines is 3. The average molecular weight is 428 g/mol. The van der Waals surface area contributed by atoms with Gasteiger partial charge in [-0.25, -0.2) is 0 Å². The van der Waals surface area contributed by atoms with Crippen LogP contribution in [0.25, 0.3) is 0 Å². The number of benzene rings is 2. The number of carbonyl (C=O) groups is 3. The molecule has 2 aliphatic rings. The third-order valence-electron chi connectivity index (χ3n) is 5.45. The third kappa shape index (κ3) is 3.85. The van der Waals surface area contributed by atoms with E-state index in [4.69, 9.17) is 16.3 Å². The van der Waals surface area contributed by atoms with E-state index in [1.165, 1.54) is 7.11 Å². The van der Waals surface area contributed by atoms with Crippen LogP contribution in [0, 0.1) is 5.92 Å². The van der Waals surface area contributed by atoms with Gasteiger partial charge in [0.2, 0.25) is 17.7 Å². The third-order valence-corrected chi connectivity index (χ3v) is 5.77. The first-order valence-corrected chi connectivity index (χ1v) is 10.2. The molecule has 0 saturated carbocycles. The Kier molecular flexibility index (Phi) is 5.63. The molecule has 2 saturated heterocycles. The molecule has 1 N–H and O–H groups in total. The number of hydrogen-bond donors (Lipinski definition) is 1. The summed E-state index contributed by atoms with van der Waals surface area (Å²) < 4.78 is 5.44. The second kappa shape index (κ2) is 8.36. The SMILES string of the molecule is COc1cc(NC(=O)[C@@H]2CC(=O)N(c3ccccc3Cl)C2)ccc1N1CCCC1=O. The van der Waals surface area contributed by atoms with Gasteiger partial charge in [-0.15, -0.1) is 0 Å². The van der Waals surface area contributed by atoms with Crippen LogP contribution in [0.5, 0.6) is 5.75 Å². The van der Waals surface area contributed by atoms with Crippen LogP contribution in [0.15, 0.2) is 42.5 Å². The number of halogens is 1. The Morgan fingerprint density at radius 2 is 1.90 bits per heavy atom. The van der Waals surface area contributed by atoms with Crippen molar-refractivity contribution in [3.63, 3.8) is 0 Å². The summed E-state index contributed by atoms with van der Waals surface area (Å²) in [5.41, 5.74) is 1.86. The van der Waals surface area contributed by atoms with Gasteiger partial charge >= 0.3 is 0 Å². The highest BCUT2D eigenvalue weighted by Crippen LogP contribution is 2.35. The van der Waals surface area contributed by atoms with E-state index < -0.39 is 5.92 Å². The Morgan fingerprint density at radius 3 is 2.60 bits per heavy atom. The van der Waals surface area contributed by atoms with Crippen molar-refractivity contribution < 1.29 is 19.1 Å². The first kappa shape index (κ1) is 20.2. The van der Waals surface area contributed by atoms with Crippen molar-refractivity contribution in [2.45, 2.75) is 19.3 Å². The number of methoxy groups -OCH3 is 1. The van der Waals surface area contributed by atoms with Gasteiger partial charge in [-0.2, -0.15) is 0 Å². The van der Waals surface area contributed by atoms with Gasteiger partial charge in [-0.1, -0.05) is 23.7 Å². The van der Waals surface area contributed by atoms with Crippen LogP contribution < -0.4 is 19.9 Å². The molecule has 2 fully saturated rings. The van der Waals surface area contributed by atoms with Crippen LogP contribution in [-0.4, -0.2) is 37.9 Å². The van der Waals surface area contributed by atoms with Gasteiger partial charge in [0.05, 0.1) is 29.4 Å². The van der Waals surface area contributed by atoms with E-state index in [1.807, 2.05) is 0 Å². The van der Waals surface area contributed by atoms with Crippen molar-refractivity contribution in [2.75, 3.05) is 35.3 Å². The van der Waals surface area contributed by atoms with E-state index in [1.54, 1.807) is 52.3 Å². The zero-order valence-corrected chi connectivity index (χ0v) is 17.3. The normalized spacial score (nSPS) is 18.8. The molecule has 0 unspecified atom stereocenters. The quantitative estimate of drug-likeness (QED) is 0.792. The topological polar surface area (TPSA) is 79.0 Å². The maximum atomic E-state index is 12.8. The minimum atomic E-state index is -0.486. The molecule has 0 bridgehead atoms. The summed E-state index contributed by atoms with van der Waals surface area (Å²) in [5.74, 6) is -0.286. The van der Waals surface area contributed by atoms with E-state index in [2.05, 4.69) is 5.32 Å². The second-order valence-corrected chi connectivity index (χ2v) is 7.79. The first-order valence-electron chi connectivity index (χ1n) is 9.82. The average Bonchev–Trinajstić information content (AvgIpc) is 3.34. The van der Waals surface area contributed by atoms with Gasteiger partial charge in [-0.3, -0.25) is 14.4 Å². The molecular weight excluding hydrogens is 406 g/mol. The monoisotopic (exact) mass is 427 g/mol. The fraction of sp³-hybridized carbons (Fsp3) is 0.318. The minimum absolute atomic E-state index is 0.0641. The summed E-state index contributed by atoms with van der Waals surface area (Å²) in [6.07, 6.45) is 1.46. The molecule has 156 valence electrons.